The Hall–Kier alpha value is -0.730. The second kappa shape index (κ2) is 3.14. The van der Waals surface area contributed by atoms with Crippen LogP contribution in [0.5, 0.6) is 5.75 Å². The molecule has 2 rings (SSSR count). The summed E-state index contributed by atoms with van der Waals surface area (Å²) in [6, 6.07) is 3.82. The van der Waals surface area contributed by atoms with E-state index >= 15 is 0 Å². The zero-order chi connectivity index (χ0) is 10.3. The molecule has 0 amide bonds. The Morgan fingerprint density at radius 1 is 1.43 bits per heavy atom. The van der Waals surface area contributed by atoms with Gasteiger partial charge in [-0.2, -0.15) is 0 Å². The van der Waals surface area contributed by atoms with Crippen molar-refractivity contribution < 1.29 is 4.74 Å². The monoisotopic (exact) mass is 211 g/mol. The van der Waals surface area contributed by atoms with Crippen LogP contribution >= 0.6 is 11.6 Å². The fourth-order valence-electron chi connectivity index (χ4n) is 1.69. The Balaban J connectivity index is 2.52. The van der Waals surface area contributed by atoms with Crippen molar-refractivity contribution in [2.75, 3.05) is 7.11 Å². The van der Waals surface area contributed by atoms with Gasteiger partial charge in [0.15, 0.2) is 0 Å². The van der Waals surface area contributed by atoms with Crippen molar-refractivity contribution in [3.8, 4) is 5.75 Å². The molecule has 1 fully saturated rings. The highest BCUT2D eigenvalue weighted by Gasteiger charge is 2.41. The zero-order valence-electron chi connectivity index (χ0n) is 8.43. The molecule has 0 radical (unpaired) electrons. The van der Waals surface area contributed by atoms with E-state index in [2.05, 4.69) is 0 Å². The molecule has 3 heteroatoms. The van der Waals surface area contributed by atoms with Crippen molar-refractivity contribution in [2.24, 2.45) is 5.73 Å². The van der Waals surface area contributed by atoms with E-state index in [0.717, 1.165) is 34.7 Å². The first kappa shape index (κ1) is 9.81. The van der Waals surface area contributed by atoms with Crippen LogP contribution in [-0.4, -0.2) is 7.11 Å². The van der Waals surface area contributed by atoms with Crippen molar-refractivity contribution in [3.05, 3.63) is 28.3 Å². The SMILES string of the molecule is COc1cc(Cl)c(C)c(C2(N)CC2)c1. The minimum atomic E-state index is -0.151. The van der Waals surface area contributed by atoms with Crippen molar-refractivity contribution >= 4 is 11.6 Å². The molecule has 0 heterocycles. The first-order valence-electron chi connectivity index (χ1n) is 4.70. The number of rotatable bonds is 2. The van der Waals surface area contributed by atoms with Crippen LogP contribution in [0.1, 0.15) is 24.0 Å². The predicted molar refractivity (Wildman–Crippen MR) is 57.8 cm³/mol. The summed E-state index contributed by atoms with van der Waals surface area (Å²) in [6.07, 6.45) is 2.08. The van der Waals surface area contributed by atoms with Crippen molar-refractivity contribution in [1.29, 1.82) is 0 Å². The number of benzene rings is 1. The van der Waals surface area contributed by atoms with Gasteiger partial charge in [-0.05, 0) is 43.0 Å². The van der Waals surface area contributed by atoms with E-state index in [-0.39, 0.29) is 5.54 Å². The van der Waals surface area contributed by atoms with Gasteiger partial charge in [0, 0.05) is 10.6 Å². The van der Waals surface area contributed by atoms with E-state index in [1.807, 2.05) is 19.1 Å². The Kier molecular flexibility index (Phi) is 2.20. The highest BCUT2D eigenvalue weighted by molar-refractivity contribution is 6.31. The lowest BCUT2D eigenvalue weighted by Crippen LogP contribution is -2.20. The summed E-state index contributed by atoms with van der Waals surface area (Å²) in [5, 5.41) is 0.732. The highest BCUT2D eigenvalue weighted by Crippen LogP contribution is 2.46. The summed E-state index contributed by atoms with van der Waals surface area (Å²) in [4.78, 5) is 0. The Bertz CT molecular complexity index is 372. The standard InChI is InChI=1S/C11H14ClNO/c1-7-9(11(13)3-4-11)5-8(14-2)6-10(7)12/h5-6H,3-4,13H2,1-2H3. The van der Waals surface area contributed by atoms with E-state index in [1.165, 1.54) is 0 Å². The molecule has 0 atom stereocenters. The van der Waals surface area contributed by atoms with Crippen LogP contribution in [0.2, 0.25) is 5.02 Å². The van der Waals surface area contributed by atoms with Crippen LogP contribution in [-0.2, 0) is 5.54 Å². The number of ether oxygens (including phenoxy) is 1. The average Bonchev–Trinajstić information content (AvgIpc) is 2.89. The molecule has 0 aromatic heterocycles. The molecule has 2 N–H and O–H groups in total. The second-order valence-electron chi connectivity index (χ2n) is 3.94. The van der Waals surface area contributed by atoms with Gasteiger partial charge in [0.05, 0.1) is 7.11 Å². The largest absolute Gasteiger partial charge is 0.497 e. The molecule has 1 saturated carbocycles. The van der Waals surface area contributed by atoms with Crippen LogP contribution in [0.4, 0.5) is 0 Å². The number of hydrogen-bond donors (Lipinski definition) is 1. The van der Waals surface area contributed by atoms with Gasteiger partial charge in [-0.3, -0.25) is 0 Å². The molecule has 1 aliphatic carbocycles. The third-order valence-corrected chi connectivity index (χ3v) is 3.27. The van der Waals surface area contributed by atoms with Crippen LogP contribution in [0.15, 0.2) is 12.1 Å². The van der Waals surface area contributed by atoms with Crippen LogP contribution in [0.3, 0.4) is 0 Å². The fourth-order valence-corrected chi connectivity index (χ4v) is 1.90. The molecule has 0 saturated heterocycles. The molecule has 2 nitrogen and oxygen atoms in total. The van der Waals surface area contributed by atoms with Crippen molar-refractivity contribution in [3.63, 3.8) is 0 Å². The van der Waals surface area contributed by atoms with Crippen LogP contribution in [0.25, 0.3) is 0 Å². The van der Waals surface area contributed by atoms with Gasteiger partial charge in [0.1, 0.15) is 5.75 Å². The van der Waals surface area contributed by atoms with Gasteiger partial charge in [-0.15, -0.1) is 0 Å². The topological polar surface area (TPSA) is 35.2 Å². The average molecular weight is 212 g/mol. The number of methoxy groups -OCH3 is 1. The first-order chi connectivity index (χ1) is 6.57. The highest BCUT2D eigenvalue weighted by atomic mass is 35.5. The summed E-state index contributed by atoms with van der Waals surface area (Å²) in [5.41, 5.74) is 8.20. The molecule has 1 aromatic rings. The van der Waals surface area contributed by atoms with Gasteiger partial charge in [0.25, 0.3) is 0 Å². The fraction of sp³-hybridized carbons (Fsp3) is 0.455. The predicted octanol–water partition coefficient (Wildman–Crippen LogP) is 2.60. The lowest BCUT2D eigenvalue weighted by molar-refractivity contribution is 0.413. The second-order valence-corrected chi connectivity index (χ2v) is 4.35. The zero-order valence-corrected chi connectivity index (χ0v) is 9.19. The van der Waals surface area contributed by atoms with Crippen molar-refractivity contribution in [2.45, 2.75) is 25.3 Å². The van der Waals surface area contributed by atoms with Gasteiger partial charge in [-0.1, -0.05) is 11.6 Å². The first-order valence-corrected chi connectivity index (χ1v) is 5.08. The van der Waals surface area contributed by atoms with Gasteiger partial charge in [0.2, 0.25) is 0 Å². The van der Waals surface area contributed by atoms with Gasteiger partial charge >= 0.3 is 0 Å². The summed E-state index contributed by atoms with van der Waals surface area (Å²) in [7, 11) is 1.64. The minimum Gasteiger partial charge on any atom is -0.497 e. The molecule has 1 aromatic carbocycles. The summed E-state index contributed by atoms with van der Waals surface area (Å²) in [6.45, 7) is 2.00. The van der Waals surface area contributed by atoms with Crippen LogP contribution in [0, 0.1) is 6.92 Å². The molecule has 1 aliphatic rings. The molecule has 0 unspecified atom stereocenters. The third-order valence-electron chi connectivity index (χ3n) is 2.88. The Morgan fingerprint density at radius 2 is 2.07 bits per heavy atom. The molecule has 76 valence electrons. The summed E-state index contributed by atoms with van der Waals surface area (Å²) >= 11 is 6.10. The van der Waals surface area contributed by atoms with E-state index in [1.54, 1.807) is 7.11 Å². The number of halogens is 1. The lowest BCUT2D eigenvalue weighted by Gasteiger charge is -2.15. The van der Waals surface area contributed by atoms with E-state index < -0.39 is 0 Å². The maximum Gasteiger partial charge on any atom is 0.120 e. The number of nitrogens with two attached hydrogens (primary N) is 1. The molecular weight excluding hydrogens is 198 g/mol. The molecule has 0 spiro atoms. The van der Waals surface area contributed by atoms with E-state index in [0.29, 0.717) is 0 Å². The Morgan fingerprint density at radius 3 is 2.57 bits per heavy atom. The molecular formula is C11H14ClNO. The summed E-state index contributed by atoms with van der Waals surface area (Å²) in [5.74, 6) is 0.785. The van der Waals surface area contributed by atoms with E-state index in [9.17, 15) is 0 Å². The third kappa shape index (κ3) is 1.49. The van der Waals surface area contributed by atoms with Gasteiger partial charge < -0.3 is 10.5 Å². The molecule has 0 aliphatic heterocycles. The smallest absolute Gasteiger partial charge is 0.120 e. The minimum absolute atomic E-state index is 0.151. The Labute approximate surface area is 89.0 Å². The maximum absolute atomic E-state index is 6.15. The quantitative estimate of drug-likeness (QED) is 0.816. The molecule has 0 bridgehead atoms. The lowest BCUT2D eigenvalue weighted by atomic mass is 9.99. The van der Waals surface area contributed by atoms with Crippen LogP contribution < -0.4 is 10.5 Å². The molecule has 14 heavy (non-hydrogen) atoms. The number of hydrogen-bond acceptors (Lipinski definition) is 2. The van der Waals surface area contributed by atoms with Crippen molar-refractivity contribution in [1.82, 2.24) is 0 Å². The van der Waals surface area contributed by atoms with Gasteiger partial charge in [-0.25, -0.2) is 0 Å². The summed E-state index contributed by atoms with van der Waals surface area (Å²) < 4.78 is 5.17. The van der Waals surface area contributed by atoms with E-state index in [4.69, 9.17) is 22.1 Å². The maximum atomic E-state index is 6.15. The normalized spacial score (nSPS) is 18.0.